The molecule has 0 saturated carbocycles. The largest absolute Gasteiger partial charge is 0.443 e. The summed E-state index contributed by atoms with van der Waals surface area (Å²) >= 11 is 0. The van der Waals surface area contributed by atoms with Crippen molar-refractivity contribution in [2.24, 2.45) is 0 Å². The molecular weight excluding hydrogens is 430 g/mol. The van der Waals surface area contributed by atoms with Crippen molar-refractivity contribution in [3.8, 4) is 0 Å². The van der Waals surface area contributed by atoms with Gasteiger partial charge in [-0.05, 0) is 42.5 Å². The highest BCUT2D eigenvalue weighted by Crippen LogP contribution is 2.28. The number of ether oxygens (including phenoxy) is 1. The van der Waals surface area contributed by atoms with E-state index in [1.54, 1.807) is 12.1 Å². The molecule has 0 aliphatic carbocycles. The summed E-state index contributed by atoms with van der Waals surface area (Å²) in [7, 11) is -3.89. The second kappa shape index (κ2) is 8.77. The lowest BCUT2D eigenvalue weighted by atomic mass is 10.2. The molecule has 8 nitrogen and oxygen atoms in total. The summed E-state index contributed by atoms with van der Waals surface area (Å²) in [5.41, 5.74) is 0.812. The summed E-state index contributed by atoms with van der Waals surface area (Å²) < 4.78 is 59.9. The summed E-state index contributed by atoms with van der Waals surface area (Å²) in [6, 6.07) is 8.94. The first kappa shape index (κ1) is 21.5. The Kier molecular flexibility index (Phi) is 6.08. The Morgan fingerprint density at radius 2 is 1.81 bits per heavy atom. The summed E-state index contributed by atoms with van der Waals surface area (Å²) in [5, 5.41) is 3.21. The number of sulfonamides is 1. The predicted molar refractivity (Wildman–Crippen MR) is 111 cm³/mol. The third-order valence-electron chi connectivity index (χ3n) is 5.20. The number of nitrogens with zero attached hydrogens (tertiary/aromatic N) is 2. The smallest absolute Gasteiger partial charge is 0.414 e. The quantitative estimate of drug-likeness (QED) is 0.693. The number of anilines is 2. The Morgan fingerprint density at radius 1 is 1.10 bits per heavy atom. The normalized spacial score (nSPS) is 19.5. The van der Waals surface area contributed by atoms with Gasteiger partial charge in [0.25, 0.3) is 0 Å². The predicted octanol–water partition coefficient (Wildman–Crippen LogP) is 1.68. The molecule has 166 valence electrons. The molecule has 0 radical (unpaired) electrons. The van der Waals surface area contributed by atoms with E-state index < -0.39 is 33.9 Å². The molecular formula is C20H22F2N4O4S. The van der Waals surface area contributed by atoms with Gasteiger partial charge in [0.2, 0.25) is 10.0 Å². The minimum Gasteiger partial charge on any atom is -0.443 e. The Hall–Kier alpha value is -2.76. The van der Waals surface area contributed by atoms with E-state index in [1.807, 2.05) is 4.90 Å². The highest BCUT2D eigenvalue weighted by molar-refractivity contribution is 7.89. The second-order valence-electron chi connectivity index (χ2n) is 7.29. The molecule has 2 aliphatic rings. The first-order valence-electron chi connectivity index (χ1n) is 9.82. The number of rotatable bonds is 6. The lowest BCUT2D eigenvalue weighted by Gasteiger charge is -2.30. The van der Waals surface area contributed by atoms with Crippen LogP contribution in [-0.2, 0) is 14.8 Å². The van der Waals surface area contributed by atoms with Crippen LogP contribution >= 0.6 is 0 Å². The first-order chi connectivity index (χ1) is 14.8. The van der Waals surface area contributed by atoms with E-state index in [9.17, 15) is 22.0 Å². The van der Waals surface area contributed by atoms with Crippen molar-refractivity contribution in [1.29, 1.82) is 0 Å². The monoisotopic (exact) mass is 452 g/mol. The van der Waals surface area contributed by atoms with Crippen LogP contribution in [-0.4, -0.2) is 59.9 Å². The number of carbonyl (C=O) groups is 1. The molecule has 4 rings (SSSR count). The maximum atomic E-state index is 14.7. The van der Waals surface area contributed by atoms with Gasteiger partial charge >= 0.3 is 6.09 Å². The molecule has 2 saturated heterocycles. The fourth-order valence-electron chi connectivity index (χ4n) is 3.56. The summed E-state index contributed by atoms with van der Waals surface area (Å²) in [5.74, 6) is -0.984. The molecule has 0 unspecified atom stereocenters. The van der Waals surface area contributed by atoms with Crippen LogP contribution in [0.3, 0.4) is 0 Å². The molecule has 31 heavy (non-hydrogen) atoms. The van der Waals surface area contributed by atoms with E-state index in [1.165, 1.54) is 11.0 Å². The number of hydrogen-bond acceptors (Lipinski definition) is 6. The summed E-state index contributed by atoms with van der Waals surface area (Å²) in [6.07, 6.45) is -1.43. The van der Waals surface area contributed by atoms with Crippen LogP contribution in [0.25, 0.3) is 0 Å². The zero-order chi connectivity index (χ0) is 22.0. The first-order valence-corrected chi connectivity index (χ1v) is 11.3. The van der Waals surface area contributed by atoms with E-state index in [0.717, 1.165) is 37.4 Å². The Labute approximate surface area is 178 Å². The fraction of sp³-hybridized carbons (Fsp3) is 0.350. The van der Waals surface area contributed by atoms with Gasteiger partial charge in [0.1, 0.15) is 17.7 Å². The van der Waals surface area contributed by atoms with Crippen LogP contribution in [0.1, 0.15) is 0 Å². The van der Waals surface area contributed by atoms with Crippen LogP contribution in [0.5, 0.6) is 0 Å². The van der Waals surface area contributed by atoms with Crippen LogP contribution < -0.4 is 19.8 Å². The van der Waals surface area contributed by atoms with Crippen molar-refractivity contribution in [3.05, 3.63) is 54.1 Å². The van der Waals surface area contributed by atoms with E-state index in [0.29, 0.717) is 24.5 Å². The van der Waals surface area contributed by atoms with Crippen molar-refractivity contribution in [3.63, 3.8) is 0 Å². The number of benzene rings is 2. The molecule has 0 bridgehead atoms. The zero-order valence-electron chi connectivity index (χ0n) is 16.6. The highest BCUT2D eigenvalue weighted by Gasteiger charge is 2.33. The molecule has 11 heteroatoms. The average molecular weight is 452 g/mol. The minimum atomic E-state index is -3.89. The molecule has 2 aromatic carbocycles. The van der Waals surface area contributed by atoms with Crippen LogP contribution in [0, 0.1) is 11.6 Å². The lowest BCUT2D eigenvalue weighted by molar-refractivity contribution is 0.143. The van der Waals surface area contributed by atoms with Gasteiger partial charge in [0.15, 0.2) is 0 Å². The topological polar surface area (TPSA) is 91.0 Å². The highest BCUT2D eigenvalue weighted by atomic mass is 32.2. The number of nitrogens with one attached hydrogen (secondary N) is 2. The molecule has 1 atom stereocenters. The zero-order valence-corrected chi connectivity index (χ0v) is 17.4. The van der Waals surface area contributed by atoms with Gasteiger partial charge in [0.05, 0.1) is 22.8 Å². The third kappa shape index (κ3) is 4.78. The molecule has 1 amide bonds. The maximum absolute atomic E-state index is 14.7. The second-order valence-corrected chi connectivity index (χ2v) is 9.06. The Balaban J connectivity index is 1.40. The van der Waals surface area contributed by atoms with Gasteiger partial charge in [-0.25, -0.2) is 26.7 Å². The van der Waals surface area contributed by atoms with Gasteiger partial charge in [-0.3, -0.25) is 4.90 Å². The van der Waals surface area contributed by atoms with Gasteiger partial charge in [-0.15, -0.1) is 0 Å². The number of carbonyl (C=O) groups excluding carboxylic acids is 1. The van der Waals surface area contributed by atoms with Crippen LogP contribution in [0.2, 0.25) is 0 Å². The number of cyclic esters (lactones) is 1. The van der Waals surface area contributed by atoms with Crippen molar-refractivity contribution >= 4 is 27.5 Å². The number of hydrogen-bond donors (Lipinski definition) is 2. The molecule has 2 aliphatic heterocycles. The molecule has 2 heterocycles. The molecule has 2 fully saturated rings. The van der Waals surface area contributed by atoms with Gasteiger partial charge in [0, 0.05) is 32.7 Å². The standard InChI is InChI=1S/C20H22F2N4O4S/c21-14-1-4-17(5-2-14)31(28,29)24-12-16-13-26(20(27)30-16)15-3-6-19(18(22)11-15)25-9-7-23-8-10-25/h1-6,11,16,23-24H,7-10,12-13H2/t16-/m0/s1. The van der Waals surface area contributed by atoms with Gasteiger partial charge in [-0.1, -0.05) is 0 Å². The fourth-order valence-corrected chi connectivity index (χ4v) is 4.63. The third-order valence-corrected chi connectivity index (χ3v) is 6.64. The van der Waals surface area contributed by atoms with Crippen molar-refractivity contribution in [2.45, 2.75) is 11.0 Å². The molecule has 0 spiro atoms. The van der Waals surface area contributed by atoms with E-state index in [4.69, 9.17) is 4.74 Å². The number of amides is 1. The minimum absolute atomic E-state index is 0.0667. The summed E-state index contributed by atoms with van der Waals surface area (Å²) in [4.78, 5) is 15.4. The molecule has 2 aromatic rings. The van der Waals surface area contributed by atoms with Gasteiger partial charge < -0.3 is 15.0 Å². The number of piperazine rings is 1. The Morgan fingerprint density at radius 3 is 2.48 bits per heavy atom. The van der Waals surface area contributed by atoms with Crippen LogP contribution in [0.15, 0.2) is 47.4 Å². The molecule has 2 N–H and O–H groups in total. The maximum Gasteiger partial charge on any atom is 0.414 e. The SMILES string of the molecule is O=C1O[C@@H](CNS(=O)(=O)c2ccc(F)cc2)CN1c1ccc(N2CCNCC2)c(F)c1. The summed E-state index contributed by atoms with van der Waals surface area (Å²) in [6.45, 7) is 2.83. The van der Waals surface area contributed by atoms with Crippen molar-refractivity contribution < 1.29 is 26.7 Å². The van der Waals surface area contributed by atoms with Crippen molar-refractivity contribution in [2.75, 3.05) is 49.1 Å². The van der Waals surface area contributed by atoms with Gasteiger partial charge in [-0.2, -0.15) is 0 Å². The van der Waals surface area contributed by atoms with E-state index in [-0.39, 0.29) is 18.0 Å². The van der Waals surface area contributed by atoms with E-state index in [2.05, 4.69) is 10.0 Å². The Bertz CT molecular complexity index is 1060. The number of halogens is 2. The van der Waals surface area contributed by atoms with Crippen molar-refractivity contribution in [1.82, 2.24) is 10.0 Å². The molecule has 0 aromatic heterocycles. The van der Waals surface area contributed by atoms with E-state index >= 15 is 0 Å². The lowest BCUT2D eigenvalue weighted by Crippen LogP contribution is -2.43. The van der Waals surface area contributed by atoms with Crippen LogP contribution in [0.4, 0.5) is 25.0 Å². The average Bonchev–Trinajstić information content (AvgIpc) is 3.14.